The number of fused-ring (bicyclic) bond motifs is 1. The molecule has 0 spiro atoms. The van der Waals surface area contributed by atoms with Crippen LogP contribution in [-0.2, 0) is 22.9 Å². The van der Waals surface area contributed by atoms with Gasteiger partial charge in [0.25, 0.3) is 5.56 Å². The molecular weight excluding hydrogens is 416 g/mol. The van der Waals surface area contributed by atoms with E-state index in [9.17, 15) is 13.2 Å². The molecule has 0 saturated heterocycles. The van der Waals surface area contributed by atoms with Gasteiger partial charge in [-0.1, -0.05) is 20.8 Å². The Balaban J connectivity index is 1.91. The van der Waals surface area contributed by atoms with Gasteiger partial charge in [0.2, 0.25) is 5.28 Å². The molecule has 3 rings (SSSR count). The molecule has 1 N–H and O–H groups in total. The standard InChI is InChI=1S/C18H21ClN6O3S/c1-4-29(27,28)13-6-5-12(20-8-13)7-21-15-17(26)25(10-11(2)3)16-14(23-15)9-22-18(19)24-16/h5-6,8-9,11H,4,7,10H2,1-3H3,(H,21,23). The Morgan fingerprint density at radius 3 is 2.55 bits per heavy atom. The van der Waals surface area contributed by atoms with E-state index in [1.54, 1.807) is 13.0 Å². The molecule has 0 aliphatic carbocycles. The van der Waals surface area contributed by atoms with Crippen molar-refractivity contribution in [2.24, 2.45) is 5.92 Å². The van der Waals surface area contributed by atoms with Gasteiger partial charge < -0.3 is 5.32 Å². The van der Waals surface area contributed by atoms with Crippen molar-refractivity contribution in [3.8, 4) is 0 Å². The summed E-state index contributed by atoms with van der Waals surface area (Å²) in [7, 11) is -3.31. The van der Waals surface area contributed by atoms with E-state index in [4.69, 9.17) is 11.6 Å². The normalized spacial score (nSPS) is 11.9. The monoisotopic (exact) mass is 436 g/mol. The average molecular weight is 437 g/mol. The van der Waals surface area contributed by atoms with Crippen molar-refractivity contribution in [1.29, 1.82) is 0 Å². The van der Waals surface area contributed by atoms with Gasteiger partial charge in [0, 0.05) is 12.7 Å². The molecule has 0 aliphatic rings. The highest BCUT2D eigenvalue weighted by atomic mass is 35.5. The summed E-state index contributed by atoms with van der Waals surface area (Å²) in [5, 5.41) is 3.02. The van der Waals surface area contributed by atoms with Gasteiger partial charge in [0.1, 0.15) is 5.52 Å². The number of anilines is 1. The Morgan fingerprint density at radius 2 is 1.93 bits per heavy atom. The van der Waals surface area contributed by atoms with Crippen molar-refractivity contribution in [2.45, 2.75) is 38.8 Å². The zero-order valence-corrected chi connectivity index (χ0v) is 17.8. The maximum atomic E-state index is 12.9. The van der Waals surface area contributed by atoms with E-state index in [0.717, 1.165) is 0 Å². The summed E-state index contributed by atoms with van der Waals surface area (Å²) in [4.78, 5) is 29.6. The second-order valence-corrected chi connectivity index (χ2v) is 9.48. The summed E-state index contributed by atoms with van der Waals surface area (Å²) in [6.07, 6.45) is 2.78. The van der Waals surface area contributed by atoms with E-state index in [2.05, 4.69) is 25.3 Å². The van der Waals surface area contributed by atoms with Crippen LogP contribution in [0.2, 0.25) is 5.28 Å². The number of aromatic nitrogens is 5. The maximum Gasteiger partial charge on any atom is 0.294 e. The minimum atomic E-state index is -3.31. The fourth-order valence-corrected chi connectivity index (χ4v) is 3.66. The summed E-state index contributed by atoms with van der Waals surface area (Å²) < 4.78 is 25.3. The van der Waals surface area contributed by atoms with Crippen molar-refractivity contribution >= 4 is 38.4 Å². The number of rotatable bonds is 7. The van der Waals surface area contributed by atoms with Crippen LogP contribution >= 0.6 is 11.6 Å². The van der Waals surface area contributed by atoms with Gasteiger partial charge in [-0.2, -0.15) is 4.98 Å². The third-order valence-electron chi connectivity index (χ3n) is 4.18. The van der Waals surface area contributed by atoms with Crippen LogP contribution in [-0.4, -0.2) is 38.7 Å². The highest BCUT2D eigenvalue weighted by Gasteiger charge is 2.15. The molecule has 29 heavy (non-hydrogen) atoms. The summed E-state index contributed by atoms with van der Waals surface area (Å²) in [5.41, 5.74) is 1.06. The molecule has 0 unspecified atom stereocenters. The lowest BCUT2D eigenvalue weighted by Crippen LogP contribution is -2.28. The van der Waals surface area contributed by atoms with Gasteiger partial charge in [0.05, 0.1) is 29.1 Å². The van der Waals surface area contributed by atoms with Crippen LogP contribution < -0.4 is 10.9 Å². The highest BCUT2D eigenvalue weighted by Crippen LogP contribution is 2.14. The number of hydrogen-bond acceptors (Lipinski definition) is 8. The molecule has 0 saturated carbocycles. The Bertz CT molecular complexity index is 1190. The second-order valence-electron chi connectivity index (χ2n) is 6.86. The number of sulfone groups is 1. The topological polar surface area (TPSA) is 120 Å². The Morgan fingerprint density at radius 1 is 1.17 bits per heavy atom. The van der Waals surface area contributed by atoms with Gasteiger partial charge >= 0.3 is 0 Å². The molecule has 0 atom stereocenters. The van der Waals surface area contributed by atoms with Crippen molar-refractivity contribution in [3.05, 3.63) is 45.9 Å². The molecule has 0 amide bonds. The first-order valence-corrected chi connectivity index (χ1v) is 11.1. The predicted octanol–water partition coefficient (Wildman–Crippen LogP) is 2.30. The van der Waals surface area contributed by atoms with E-state index in [0.29, 0.717) is 23.4 Å². The summed E-state index contributed by atoms with van der Waals surface area (Å²) in [5.74, 6) is 0.347. The first kappa shape index (κ1) is 21.1. The van der Waals surface area contributed by atoms with E-state index in [1.807, 2.05) is 13.8 Å². The lowest BCUT2D eigenvalue weighted by atomic mass is 10.2. The van der Waals surface area contributed by atoms with E-state index in [-0.39, 0.29) is 39.8 Å². The molecule has 0 fully saturated rings. The molecule has 0 aliphatic heterocycles. The van der Waals surface area contributed by atoms with Crippen molar-refractivity contribution < 1.29 is 8.42 Å². The van der Waals surface area contributed by atoms with Crippen LogP contribution in [0, 0.1) is 5.92 Å². The first-order chi connectivity index (χ1) is 13.7. The molecule has 11 heteroatoms. The van der Waals surface area contributed by atoms with E-state index in [1.165, 1.54) is 23.0 Å². The average Bonchev–Trinajstić information content (AvgIpc) is 2.69. The molecule has 3 aromatic rings. The minimum absolute atomic E-state index is 0.00870. The molecule has 0 aromatic carbocycles. The van der Waals surface area contributed by atoms with Crippen LogP contribution in [0.3, 0.4) is 0 Å². The van der Waals surface area contributed by atoms with Crippen molar-refractivity contribution in [3.63, 3.8) is 0 Å². The van der Waals surface area contributed by atoms with Crippen LogP contribution in [0.4, 0.5) is 5.82 Å². The molecular formula is C18H21ClN6O3S. The number of nitrogens with zero attached hydrogens (tertiary/aromatic N) is 5. The molecule has 0 bridgehead atoms. The first-order valence-electron chi connectivity index (χ1n) is 9.06. The second kappa shape index (κ2) is 8.42. The SMILES string of the molecule is CCS(=O)(=O)c1ccc(CNc2nc3cnc(Cl)nc3n(CC(C)C)c2=O)nc1. The van der Waals surface area contributed by atoms with Crippen LogP contribution in [0.25, 0.3) is 11.2 Å². The lowest BCUT2D eigenvalue weighted by molar-refractivity contribution is 0.520. The third-order valence-corrected chi connectivity index (χ3v) is 6.08. The quantitative estimate of drug-likeness (QED) is 0.560. The summed E-state index contributed by atoms with van der Waals surface area (Å²) in [6.45, 7) is 6.21. The van der Waals surface area contributed by atoms with Crippen molar-refractivity contribution in [1.82, 2.24) is 24.5 Å². The predicted molar refractivity (Wildman–Crippen MR) is 111 cm³/mol. The Hall–Kier alpha value is -2.59. The van der Waals surface area contributed by atoms with Gasteiger partial charge in [-0.05, 0) is 29.7 Å². The number of halogens is 1. The molecule has 154 valence electrons. The van der Waals surface area contributed by atoms with Crippen LogP contribution in [0.5, 0.6) is 0 Å². The van der Waals surface area contributed by atoms with Crippen LogP contribution in [0.15, 0.2) is 34.2 Å². The molecule has 3 aromatic heterocycles. The maximum absolute atomic E-state index is 12.9. The fourth-order valence-electron chi connectivity index (χ4n) is 2.71. The molecule has 9 nitrogen and oxygen atoms in total. The van der Waals surface area contributed by atoms with Crippen molar-refractivity contribution in [2.75, 3.05) is 11.1 Å². The van der Waals surface area contributed by atoms with E-state index < -0.39 is 9.84 Å². The van der Waals surface area contributed by atoms with Crippen LogP contribution in [0.1, 0.15) is 26.5 Å². The number of hydrogen-bond donors (Lipinski definition) is 1. The van der Waals surface area contributed by atoms with Gasteiger partial charge in [0.15, 0.2) is 21.3 Å². The number of nitrogens with one attached hydrogen (secondary N) is 1. The minimum Gasteiger partial charge on any atom is -0.360 e. The zero-order valence-electron chi connectivity index (χ0n) is 16.3. The number of pyridine rings is 1. The highest BCUT2D eigenvalue weighted by molar-refractivity contribution is 7.91. The summed E-state index contributed by atoms with van der Waals surface area (Å²) >= 11 is 5.88. The zero-order chi connectivity index (χ0) is 21.2. The largest absolute Gasteiger partial charge is 0.360 e. The van der Waals surface area contributed by atoms with E-state index >= 15 is 0 Å². The summed E-state index contributed by atoms with van der Waals surface area (Å²) in [6, 6.07) is 3.11. The van der Waals surface area contributed by atoms with Gasteiger partial charge in [-0.15, -0.1) is 0 Å². The fraction of sp³-hybridized carbons (Fsp3) is 0.389. The van der Waals surface area contributed by atoms with Gasteiger partial charge in [-0.3, -0.25) is 14.3 Å². The molecule has 0 radical (unpaired) electrons. The lowest BCUT2D eigenvalue weighted by Gasteiger charge is -2.14. The molecule has 3 heterocycles. The Kier molecular flexibility index (Phi) is 6.13. The Labute approximate surface area is 173 Å². The third kappa shape index (κ3) is 4.70. The smallest absolute Gasteiger partial charge is 0.294 e. The van der Waals surface area contributed by atoms with Gasteiger partial charge in [-0.25, -0.2) is 18.4 Å².